The molecule has 1 aliphatic carbocycles. The van der Waals surface area contributed by atoms with Crippen LogP contribution in [0.1, 0.15) is 23.6 Å². The zero-order valence-electron chi connectivity index (χ0n) is 7.25. The van der Waals surface area contributed by atoms with Gasteiger partial charge in [-0.15, -0.1) is 0 Å². The molecule has 2 N–H and O–H groups in total. The summed E-state index contributed by atoms with van der Waals surface area (Å²) in [5, 5.41) is 0. The van der Waals surface area contributed by atoms with Gasteiger partial charge in [0.05, 0.1) is 0 Å². The fraction of sp³-hybridized carbons (Fsp3) is 0.400. The Kier molecular flexibility index (Phi) is 1.32. The Hall–Kier alpha value is -1.22. The molecule has 1 atom stereocenters. The molecule has 0 saturated carbocycles. The number of nitrogens with two attached hydrogens (primary N) is 1. The normalized spacial score (nSPS) is 23.3. The van der Waals surface area contributed by atoms with Crippen LogP contribution in [0.3, 0.4) is 0 Å². The van der Waals surface area contributed by atoms with E-state index in [0.29, 0.717) is 6.79 Å². The van der Waals surface area contributed by atoms with Crippen LogP contribution in [0.4, 0.5) is 0 Å². The van der Waals surface area contributed by atoms with Gasteiger partial charge in [0.25, 0.3) is 0 Å². The third-order valence-corrected chi connectivity index (χ3v) is 2.78. The van der Waals surface area contributed by atoms with E-state index in [9.17, 15) is 0 Å². The molecule has 68 valence electrons. The zero-order valence-corrected chi connectivity index (χ0v) is 7.25. The van der Waals surface area contributed by atoms with Crippen molar-refractivity contribution in [2.24, 2.45) is 5.73 Å². The lowest BCUT2D eigenvalue weighted by Gasteiger charge is -2.05. The van der Waals surface area contributed by atoms with Crippen LogP contribution in [0.15, 0.2) is 12.1 Å². The minimum Gasteiger partial charge on any atom is -0.454 e. The molecular weight excluding hydrogens is 166 g/mol. The molecule has 13 heavy (non-hydrogen) atoms. The smallest absolute Gasteiger partial charge is 0.231 e. The third kappa shape index (κ3) is 0.877. The first-order valence-corrected chi connectivity index (χ1v) is 4.53. The summed E-state index contributed by atoms with van der Waals surface area (Å²) >= 11 is 0. The molecule has 3 nitrogen and oxygen atoms in total. The van der Waals surface area contributed by atoms with Crippen LogP contribution >= 0.6 is 0 Å². The van der Waals surface area contributed by atoms with Gasteiger partial charge in [-0.05, 0) is 24.5 Å². The molecule has 3 heteroatoms. The highest BCUT2D eigenvalue weighted by Crippen LogP contribution is 2.43. The van der Waals surface area contributed by atoms with Gasteiger partial charge < -0.3 is 15.2 Å². The molecule has 3 rings (SSSR count). The molecule has 0 amide bonds. The van der Waals surface area contributed by atoms with Crippen molar-refractivity contribution in [2.45, 2.75) is 18.9 Å². The maximum absolute atomic E-state index is 5.94. The van der Waals surface area contributed by atoms with Crippen molar-refractivity contribution in [3.63, 3.8) is 0 Å². The monoisotopic (exact) mass is 177 g/mol. The highest BCUT2D eigenvalue weighted by atomic mass is 16.7. The van der Waals surface area contributed by atoms with E-state index < -0.39 is 0 Å². The first-order chi connectivity index (χ1) is 6.36. The summed E-state index contributed by atoms with van der Waals surface area (Å²) in [7, 11) is 0. The molecule has 0 bridgehead atoms. The second kappa shape index (κ2) is 2.39. The molecule has 1 aromatic rings. The number of hydrogen-bond acceptors (Lipinski definition) is 3. The minimum absolute atomic E-state index is 0.185. The van der Waals surface area contributed by atoms with Gasteiger partial charge in [0.1, 0.15) is 0 Å². The summed E-state index contributed by atoms with van der Waals surface area (Å²) in [4.78, 5) is 0. The summed E-state index contributed by atoms with van der Waals surface area (Å²) in [6.45, 7) is 0.348. The Bertz CT molecular complexity index is 362. The topological polar surface area (TPSA) is 44.5 Å². The molecule has 1 aromatic carbocycles. The molecule has 1 aliphatic heterocycles. The quantitative estimate of drug-likeness (QED) is 0.650. The highest BCUT2D eigenvalue weighted by molar-refractivity contribution is 5.54. The highest BCUT2D eigenvalue weighted by Gasteiger charge is 2.27. The second-order valence-corrected chi connectivity index (χ2v) is 3.51. The van der Waals surface area contributed by atoms with E-state index in [1.54, 1.807) is 0 Å². The van der Waals surface area contributed by atoms with Gasteiger partial charge in [-0.25, -0.2) is 0 Å². The van der Waals surface area contributed by atoms with E-state index in [-0.39, 0.29) is 6.04 Å². The number of fused-ring (bicyclic) bond motifs is 3. The number of benzene rings is 1. The lowest BCUT2D eigenvalue weighted by molar-refractivity contribution is 0.173. The minimum atomic E-state index is 0.185. The molecule has 0 radical (unpaired) electrons. The number of rotatable bonds is 0. The van der Waals surface area contributed by atoms with Gasteiger partial charge in [0, 0.05) is 11.6 Å². The van der Waals surface area contributed by atoms with Crippen molar-refractivity contribution < 1.29 is 9.47 Å². The predicted octanol–water partition coefficient (Wildman–Crippen LogP) is 1.36. The molecular formula is C10H11NO2. The fourth-order valence-electron chi connectivity index (χ4n) is 2.11. The van der Waals surface area contributed by atoms with Gasteiger partial charge in [0.2, 0.25) is 6.79 Å². The van der Waals surface area contributed by atoms with E-state index in [4.69, 9.17) is 15.2 Å². The number of ether oxygens (including phenoxy) is 2. The first-order valence-electron chi connectivity index (χ1n) is 4.53. The second-order valence-electron chi connectivity index (χ2n) is 3.51. The molecule has 0 fully saturated rings. The molecule has 2 aliphatic rings. The van der Waals surface area contributed by atoms with Crippen LogP contribution < -0.4 is 15.2 Å². The molecule has 1 heterocycles. The van der Waals surface area contributed by atoms with E-state index >= 15 is 0 Å². The Morgan fingerprint density at radius 2 is 2.23 bits per heavy atom. The summed E-state index contributed by atoms with van der Waals surface area (Å²) in [6.07, 6.45) is 2.04. The van der Waals surface area contributed by atoms with Crippen molar-refractivity contribution in [2.75, 3.05) is 6.79 Å². The first kappa shape index (κ1) is 7.21. The molecule has 0 aromatic heterocycles. The summed E-state index contributed by atoms with van der Waals surface area (Å²) in [6, 6.07) is 4.19. The average molecular weight is 177 g/mol. The summed E-state index contributed by atoms with van der Waals surface area (Å²) in [5.41, 5.74) is 8.42. The maximum atomic E-state index is 5.94. The van der Waals surface area contributed by atoms with Gasteiger partial charge in [-0.1, -0.05) is 6.07 Å². The molecule has 1 unspecified atom stereocenters. The Morgan fingerprint density at radius 1 is 1.31 bits per heavy atom. The van der Waals surface area contributed by atoms with E-state index in [1.165, 1.54) is 11.1 Å². The Balaban J connectivity index is 2.21. The summed E-state index contributed by atoms with van der Waals surface area (Å²) < 4.78 is 10.7. The third-order valence-electron chi connectivity index (χ3n) is 2.78. The number of hydrogen-bond donors (Lipinski definition) is 1. The van der Waals surface area contributed by atoms with Gasteiger partial charge in [-0.2, -0.15) is 0 Å². The van der Waals surface area contributed by atoms with Crippen LogP contribution in [0, 0.1) is 0 Å². The largest absolute Gasteiger partial charge is 0.454 e. The van der Waals surface area contributed by atoms with Crippen LogP contribution in [-0.2, 0) is 6.42 Å². The Morgan fingerprint density at radius 3 is 3.15 bits per heavy atom. The van der Waals surface area contributed by atoms with Crippen molar-refractivity contribution in [1.29, 1.82) is 0 Å². The average Bonchev–Trinajstić information content (AvgIpc) is 2.70. The molecule has 0 spiro atoms. The van der Waals surface area contributed by atoms with Crippen molar-refractivity contribution in [1.82, 2.24) is 0 Å². The zero-order chi connectivity index (χ0) is 8.84. The van der Waals surface area contributed by atoms with E-state index in [2.05, 4.69) is 6.07 Å². The Labute approximate surface area is 76.4 Å². The van der Waals surface area contributed by atoms with Crippen molar-refractivity contribution in [3.8, 4) is 11.5 Å². The van der Waals surface area contributed by atoms with Crippen LogP contribution in [0.25, 0.3) is 0 Å². The van der Waals surface area contributed by atoms with Crippen molar-refractivity contribution in [3.05, 3.63) is 23.3 Å². The maximum Gasteiger partial charge on any atom is 0.231 e. The van der Waals surface area contributed by atoms with Gasteiger partial charge >= 0.3 is 0 Å². The predicted molar refractivity (Wildman–Crippen MR) is 47.8 cm³/mol. The lowest BCUT2D eigenvalue weighted by Crippen LogP contribution is -2.04. The SMILES string of the molecule is NC1CCc2c1ccc1c2OCO1. The van der Waals surface area contributed by atoms with E-state index in [0.717, 1.165) is 24.3 Å². The van der Waals surface area contributed by atoms with Gasteiger partial charge in [-0.3, -0.25) is 0 Å². The summed E-state index contributed by atoms with van der Waals surface area (Å²) in [5.74, 6) is 1.79. The lowest BCUT2D eigenvalue weighted by atomic mass is 10.1. The van der Waals surface area contributed by atoms with Crippen LogP contribution in [0.5, 0.6) is 11.5 Å². The van der Waals surface area contributed by atoms with E-state index in [1.807, 2.05) is 6.07 Å². The van der Waals surface area contributed by atoms with Crippen LogP contribution in [-0.4, -0.2) is 6.79 Å². The van der Waals surface area contributed by atoms with Crippen molar-refractivity contribution >= 4 is 0 Å². The van der Waals surface area contributed by atoms with Gasteiger partial charge in [0.15, 0.2) is 11.5 Å². The standard InChI is InChI=1S/C10H11NO2/c11-8-3-1-7-6(8)2-4-9-10(7)13-5-12-9/h2,4,8H,1,3,5,11H2. The molecule has 0 saturated heterocycles. The fourth-order valence-corrected chi connectivity index (χ4v) is 2.11. The van der Waals surface area contributed by atoms with Crippen LogP contribution in [0.2, 0.25) is 0 Å².